The maximum absolute atomic E-state index is 13.7. The van der Waals surface area contributed by atoms with Crippen LogP contribution >= 0.6 is 0 Å². The van der Waals surface area contributed by atoms with Crippen LogP contribution in [-0.2, 0) is 90.6 Å². The van der Waals surface area contributed by atoms with Crippen LogP contribution in [0.4, 0.5) is 0 Å². The molecule has 0 aromatic carbocycles. The first-order chi connectivity index (χ1) is 46.8. The van der Waals surface area contributed by atoms with Crippen molar-refractivity contribution >= 4 is 59.4 Å². The summed E-state index contributed by atoms with van der Waals surface area (Å²) >= 11 is 0. The largest absolute Gasteiger partial charge is 0.477 e. The highest BCUT2D eigenvalue weighted by Gasteiger charge is 2.65. The molecular weight excluding hydrogens is 1390 g/mol. The van der Waals surface area contributed by atoms with E-state index in [4.69, 9.17) is 42.6 Å². The lowest BCUT2D eigenvalue weighted by molar-refractivity contribution is -0.364. The molecule has 0 spiro atoms. The number of ether oxygens (including phenoxy) is 9. The van der Waals surface area contributed by atoms with Gasteiger partial charge in [0.2, 0.25) is 29.5 Å². The number of rotatable bonds is 33. The smallest absolute Gasteiger partial charge is 0.364 e. The summed E-state index contributed by atoms with van der Waals surface area (Å²) in [6, 6.07) is -10.1. The molecule has 101 heavy (non-hydrogen) atoms. The molecule has 5 heterocycles. The lowest BCUT2D eigenvalue weighted by Crippen LogP contribution is -2.72. The van der Waals surface area contributed by atoms with Crippen LogP contribution in [0, 0.1) is 0 Å². The van der Waals surface area contributed by atoms with Gasteiger partial charge in [-0.15, -0.1) is 0 Å². The average Bonchev–Trinajstić information content (AvgIpc) is 0.761. The molecule has 0 aliphatic carbocycles. The molecule has 0 unspecified atom stereocenters. The number of carbonyl (C=O) groups excluding carboxylic acids is 5. The summed E-state index contributed by atoms with van der Waals surface area (Å²) in [5, 5.41) is 253. The topological polar surface area (TPSA) is 759 Å². The van der Waals surface area contributed by atoms with Crippen molar-refractivity contribution in [2.75, 3.05) is 33.0 Å². The number of aliphatic hydroxyl groups is 17. The van der Waals surface area contributed by atoms with Crippen LogP contribution in [0.15, 0.2) is 0 Å². The van der Waals surface area contributed by atoms with Crippen molar-refractivity contribution in [3.63, 3.8) is 0 Å². The minimum absolute atomic E-state index is 0.789. The molecule has 0 radical (unpaired) electrons. The summed E-state index contributed by atoms with van der Waals surface area (Å²) in [5.41, 5.74) is 0. The van der Waals surface area contributed by atoms with Gasteiger partial charge in [0.05, 0.1) is 93.8 Å². The number of carboxylic acid groups (broad SMARTS) is 5. The number of carboxylic acids is 5. The van der Waals surface area contributed by atoms with Crippen molar-refractivity contribution in [3.8, 4) is 0 Å². The molecule has 27 N–H and O–H groups in total. The molecule has 578 valence electrons. The molecule has 0 saturated carbocycles. The van der Waals surface area contributed by atoms with Gasteiger partial charge in [0.15, 0.2) is 0 Å². The molecule has 5 saturated heterocycles. The van der Waals surface area contributed by atoms with E-state index < -0.39 is 306 Å². The zero-order valence-electron chi connectivity index (χ0n) is 54.1. The van der Waals surface area contributed by atoms with E-state index in [1.807, 2.05) is 0 Å². The maximum atomic E-state index is 13.7. The number of aliphatic carboxylic acids is 5. The van der Waals surface area contributed by atoms with Gasteiger partial charge in [0, 0.05) is 66.7 Å². The summed E-state index contributed by atoms with van der Waals surface area (Å²) in [7, 11) is 0. The first-order valence-electron chi connectivity index (χ1n) is 30.7. The van der Waals surface area contributed by atoms with Gasteiger partial charge >= 0.3 is 29.8 Å². The quantitative estimate of drug-likeness (QED) is 0.0290. The SMILES string of the molecule is CC(=O)N[C@H]1[C@H]([C@H](O)[C@H](O)CO)O[C@@](O[C@H](CO)[C@@H](O)[C@@H]2O[C@@](O[C@H](CO)[C@@H](O)[C@@H]3O[C@@](O[C@H](CO)[C@@H](O)[C@@H]4O[C@@](O[C@H](CO)[C@@H](O)[C@@H]5O[C@@](O)(C(=O)O)C[C@H](O)[C@H]5NC(C)=O)(C(=O)O)C[C@H](O)[C@H]4NC(C)=O)(C(=O)O)C[C@H](O)[C@H]3NC(C)=O)(C(=O)O)C[C@H](O)[C@H]2NC(C)=O)(C(=O)O)C[C@@H]1O. The number of hydrogen-bond donors (Lipinski definition) is 27. The highest BCUT2D eigenvalue weighted by Crippen LogP contribution is 2.43. The highest BCUT2D eigenvalue weighted by atomic mass is 16.8. The summed E-state index contributed by atoms with van der Waals surface area (Å²) in [6.45, 7) is -3.57. The van der Waals surface area contributed by atoms with Gasteiger partial charge in [-0.05, 0) is 0 Å². The van der Waals surface area contributed by atoms with E-state index in [2.05, 4.69) is 26.6 Å². The van der Waals surface area contributed by atoms with Crippen molar-refractivity contribution in [2.24, 2.45) is 0 Å². The van der Waals surface area contributed by atoms with Crippen LogP contribution in [-0.4, -0.2) is 386 Å². The third-order valence-electron chi connectivity index (χ3n) is 17.2. The molecule has 0 aromatic heterocycles. The molecule has 5 rings (SSSR count). The van der Waals surface area contributed by atoms with E-state index in [1.165, 1.54) is 0 Å². The lowest BCUT2D eigenvalue weighted by atomic mass is 9.86. The van der Waals surface area contributed by atoms with Crippen LogP contribution in [0.25, 0.3) is 0 Å². The third kappa shape index (κ3) is 19.0. The monoisotopic (exact) mass is 1470 g/mol. The summed E-state index contributed by atoms with van der Waals surface area (Å²) < 4.78 is 50.5. The summed E-state index contributed by atoms with van der Waals surface area (Å²) in [6.07, 6.45) is -56.9. The predicted molar refractivity (Wildman–Crippen MR) is 311 cm³/mol. The molecule has 0 bridgehead atoms. The Morgan fingerprint density at radius 3 is 0.713 bits per heavy atom. The Morgan fingerprint density at radius 2 is 0.535 bits per heavy atom. The maximum Gasteiger partial charge on any atom is 0.364 e. The Hall–Kier alpha value is -6.34. The summed E-state index contributed by atoms with van der Waals surface area (Å²) in [5.74, 6) is -34.3. The second kappa shape index (κ2) is 34.5. The zero-order valence-corrected chi connectivity index (χ0v) is 54.1. The Labute approximate surface area is 568 Å². The molecular formula is C55H87N5O41. The molecule has 0 aromatic rings. The minimum atomic E-state index is -3.68. The lowest BCUT2D eigenvalue weighted by Gasteiger charge is -2.51. The van der Waals surface area contributed by atoms with E-state index in [0.717, 1.165) is 34.6 Å². The van der Waals surface area contributed by atoms with E-state index >= 15 is 0 Å². The van der Waals surface area contributed by atoms with E-state index in [0.29, 0.717) is 0 Å². The van der Waals surface area contributed by atoms with Gasteiger partial charge in [0.25, 0.3) is 28.9 Å². The van der Waals surface area contributed by atoms with E-state index in [-0.39, 0.29) is 0 Å². The number of hydrogen-bond acceptors (Lipinski definition) is 36. The zero-order chi connectivity index (χ0) is 76.7. The third-order valence-corrected chi connectivity index (χ3v) is 17.2. The van der Waals surface area contributed by atoms with Crippen LogP contribution in [0.2, 0.25) is 0 Å². The fourth-order valence-electron chi connectivity index (χ4n) is 12.5. The number of amides is 5. The van der Waals surface area contributed by atoms with Crippen LogP contribution in [0.1, 0.15) is 66.7 Å². The molecule has 5 aliphatic rings. The Balaban J connectivity index is 1.55. The molecule has 5 fully saturated rings. The highest BCUT2D eigenvalue weighted by molar-refractivity contribution is 5.80. The van der Waals surface area contributed by atoms with Crippen molar-refractivity contribution < 1.29 is 203 Å². The Morgan fingerprint density at radius 1 is 0.337 bits per heavy atom. The van der Waals surface area contributed by atoms with Crippen molar-refractivity contribution in [1.29, 1.82) is 0 Å². The van der Waals surface area contributed by atoms with E-state index in [9.17, 15) is 160 Å². The molecule has 5 amide bonds. The standard InChI is InChI=1S/C55H87N5O41/c1-16(66)56-31-21(71)6-51(92,46(82)83)97-42(31)37(78)27(12-62)93-53(48(86)87)8-23(73)33(58-18(3)68)44(99-53)39(80)29(14-64)95-55(50(90)91)10-25(75)35(60-20(5)70)45(101-55)40(81)30(15-65)96-54(49(88)89)9-24(74)34(59-19(4)69)43(100-54)38(79)28(13-63)94-52(47(84)85)7-22(72)32(57-17(2)67)41(98-52)36(77)26(76)11-61/h21-45,61-65,71-81,92H,6-15H2,1-5H3,(H,56,66)(H,57,67)(H,58,68)(H,59,69)(H,60,70)(H,82,83)(H,84,85)(H,86,87)(H,88,89)(H,90,91)/t21-,22-,23-,24-,25-,26+,27+,28+,29+,30+,31+,32+,33+,34+,35+,36+,37+,38+,39+,40+,41+,42+,43+,44+,45+,51+,52+,53+,54+,55+/m0/s1. The molecule has 46 heteroatoms. The van der Waals surface area contributed by atoms with Gasteiger partial charge in [-0.25, -0.2) is 24.0 Å². The minimum Gasteiger partial charge on any atom is -0.477 e. The van der Waals surface area contributed by atoms with Crippen molar-refractivity contribution in [2.45, 2.75) is 248 Å². The van der Waals surface area contributed by atoms with Gasteiger partial charge in [-0.1, -0.05) is 0 Å². The van der Waals surface area contributed by atoms with Crippen LogP contribution < -0.4 is 26.6 Å². The number of aliphatic hydroxyl groups excluding tert-OH is 16. The first-order valence-corrected chi connectivity index (χ1v) is 30.7. The molecule has 5 aliphatic heterocycles. The fourth-order valence-corrected chi connectivity index (χ4v) is 12.5. The second-order valence-electron chi connectivity index (χ2n) is 24.8. The number of nitrogens with one attached hydrogen (secondary N) is 5. The van der Waals surface area contributed by atoms with Gasteiger partial charge in [-0.2, -0.15) is 0 Å². The van der Waals surface area contributed by atoms with Crippen molar-refractivity contribution in [1.82, 2.24) is 26.6 Å². The summed E-state index contributed by atoms with van der Waals surface area (Å²) in [4.78, 5) is 128. The first kappa shape index (κ1) is 85.3. The number of carbonyl (C=O) groups is 10. The van der Waals surface area contributed by atoms with Crippen LogP contribution in [0.5, 0.6) is 0 Å². The van der Waals surface area contributed by atoms with Gasteiger partial charge < -0.3 is 182 Å². The second-order valence-corrected chi connectivity index (χ2v) is 24.8. The normalized spacial score (nSPS) is 37.5. The molecule has 46 nitrogen and oxygen atoms in total. The van der Waals surface area contributed by atoms with Gasteiger partial charge in [-0.3, -0.25) is 24.0 Å². The predicted octanol–water partition coefficient (Wildman–Crippen LogP) is -15.2. The Bertz CT molecular complexity index is 2940. The van der Waals surface area contributed by atoms with Gasteiger partial charge in [0.1, 0.15) is 91.6 Å². The fraction of sp³-hybridized carbons (Fsp3) is 0.818. The molecule has 30 atom stereocenters. The average molecular weight is 1470 g/mol. The van der Waals surface area contributed by atoms with E-state index in [1.54, 1.807) is 0 Å². The van der Waals surface area contributed by atoms with Crippen LogP contribution in [0.3, 0.4) is 0 Å². The van der Waals surface area contributed by atoms with Crippen molar-refractivity contribution in [3.05, 3.63) is 0 Å². The Kier molecular flexibility index (Phi) is 29.1.